The molecule has 88 valence electrons. The summed E-state index contributed by atoms with van der Waals surface area (Å²) in [6.07, 6.45) is 2.98. The van der Waals surface area contributed by atoms with E-state index < -0.39 is 0 Å². The van der Waals surface area contributed by atoms with Gasteiger partial charge in [0.1, 0.15) is 0 Å². The van der Waals surface area contributed by atoms with Crippen molar-refractivity contribution in [3.05, 3.63) is 0 Å². The number of amides is 2. The summed E-state index contributed by atoms with van der Waals surface area (Å²) < 4.78 is 0. The molecule has 0 heterocycles. The maximum atomic E-state index is 11.6. The van der Waals surface area contributed by atoms with Crippen LogP contribution < -0.4 is 11.1 Å². The first-order chi connectivity index (χ1) is 7.11. The molecule has 0 aliphatic carbocycles. The molecule has 0 aromatic heterocycles. The van der Waals surface area contributed by atoms with E-state index in [1.165, 1.54) is 0 Å². The molecule has 2 amide bonds. The van der Waals surface area contributed by atoms with Crippen molar-refractivity contribution in [2.45, 2.75) is 33.1 Å². The summed E-state index contributed by atoms with van der Waals surface area (Å²) in [5.74, 6) is 0. The largest absolute Gasteiger partial charge is 0.392 e. The smallest absolute Gasteiger partial charge is 0.317 e. The van der Waals surface area contributed by atoms with Gasteiger partial charge in [-0.25, -0.2) is 4.79 Å². The monoisotopic (exact) mass is 231 g/mol. The average Bonchev–Trinajstić information content (AvgIpc) is 2.17. The summed E-state index contributed by atoms with van der Waals surface area (Å²) >= 11 is 4.80. The number of carbonyl (C=O) groups excluding carboxylic acids is 1. The lowest BCUT2D eigenvalue weighted by atomic mass is 10.3. The Bertz CT molecular complexity index is 209. The molecule has 0 rings (SSSR count). The maximum Gasteiger partial charge on any atom is 0.317 e. The highest BCUT2D eigenvalue weighted by atomic mass is 32.1. The average molecular weight is 231 g/mol. The number of nitrogens with one attached hydrogen (secondary N) is 1. The predicted octanol–water partition coefficient (Wildman–Crippen LogP) is 1.49. The molecule has 0 saturated heterocycles. The van der Waals surface area contributed by atoms with Crippen LogP contribution in [0.15, 0.2) is 0 Å². The molecule has 0 spiro atoms. The molecular formula is C10H21N3OS. The van der Waals surface area contributed by atoms with Gasteiger partial charge in [-0.15, -0.1) is 0 Å². The topological polar surface area (TPSA) is 58.4 Å². The van der Waals surface area contributed by atoms with Crippen LogP contribution in [0.25, 0.3) is 0 Å². The SMILES string of the molecule is CCCCNC(=O)N(CCC)CC(N)=S. The summed E-state index contributed by atoms with van der Waals surface area (Å²) in [5.41, 5.74) is 5.43. The predicted molar refractivity (Wildman–Crippen MR) is 67.0 cm³/mol. The van der Waals surface area contributed by atoms with Gasteiger partial charge in [-0.05, 0) is 12.8 Å². The Balaban J connectivity index is 3.98. The molecule has 3 N–H and O–H groups in total. The second-order valence-corrected chi connectivity index (χ2v) is 4.00. The van der Waals surface area contributed by atoms with Crippen LogP contribution in [0.2, 0.25) is 0 Å². The Hall–Kier alpha value is -0.840. The standard InChI is InChI=1S/C10H21N3OS/c1-3-5-6-12-10(14)13(7-4-2)8-9(11)15/h3-8H2,1-2H3,(H2,11,15)(H,12,14). The number of nitrogens with zero attached hydrogens (tertiary/aromatic N) is 1. The third-order valence-electron chi connectivity index (χ3n) is 1.93. The Morgan fingerprint density at radius 3 is 2.53 bits per heavy atom. The minimum atomic E-state index is -0.0712. The summed E-state index contributed by atoms with van der Waals surface area (Å²) in [5, 5.41) is 2.85. The minimum absolute atomic E-state index is 0.0712. The van der Waals surface area contributed by atoms with Gasteiger partial charge in [-0.2, -0.15) is 0 Å². The second-order valence-electron chi connectivity index (χ2n) is 3.47. The Kier molecular flexibility index (Phi) is 7.99. The third kappa shape index (κ3) is 7.13. The van der Waals surface area contributed by atoms with Crippen LogP contribution in [0.3, 0.4) is 0 Å². The molecule has 0 aliphatic rings. The summed E-state index contributed by atoms with van der Waals surface area (Å²) in [6, 6.07) is -0.0712. The van der Waals surface area contributed by atoms with E-state index in [9.17, 15) is 4.79 Å². The number of unbranched alkanes of at least 4 members (excludes halogenated alkanes) is 1. The molecule has 0 radical (unpaired) electrons. The third-order valence-corrected chi connectivity index (χ3v) is 2.06. The molecule has 15 heavy (non-hydrogen) atoms. The number of rotatable bonds is 7. The molecular weight excluding hydrogens is 210 g/mol. The van der Waals surface area contributed by atoms with Crippen molar-refractivity contribution in [3.8, 4) is 0 Å². The lowest BCUT2D eigenvalue weighted by molar-refractivity contribution is 0.205. The van der Waals surface area contributed by atoms with E-state index in [-0.39, 0.29) is 6.03 Å². The van der Waals surface area contributed by atoms with Crippen molar-refractivity contribution in [1.82, 2.24) is 10.2 Å². The van der Waals surface area contributed by atoms with Crippen LogP contribution in [-0.4, -0.2) is 35.6 Å². The lowest BCUT2D eigenvalue weighted by Crippen LogP contribution is -2.44. The van der Waals surface area contributed by atoms with E-state index in [0.717, 1.165) is 19.3 Å². The zero-order valence-electron chi connectivity index (χ0n) is 9.58. The Morgan fingerprint density at radius 2 is 2.07 bits per heavy atom. The first-order valence-corrected chi connectivity index (χ1v) is 5.83. The van der Waals surface area contributed by atoms with Crippen molar-refractivity contribution in [3.63, 3.8) is 0 Å². The number of thiocarbonyl (C=S) groups is 1. The van der Waals surface area contributed by atoms with E-state index in [2.05, 4.69) is 12.2 Å². The molecule has 0 fully saturated rings. The van der Waals surface area contributed by atoms with E-state index >= 15 is 0 Å². The molecule has 5 heteroatoms. The lowest BCUT2D eigenvalue weighted by Gasteiger charge is -2.21. The molecule has 0 aliphatic heterocycles. The molecule has 0 aromatic carbocycles. The van der Waals surface area contributed by atoms with Crippen molar-refractivity contribution < 1.29 is 4.79 Å². The maximum absolute atomic E-state index is 11.6. The fourth-order valence-corrected chi connectivity index (χ4v) is 1.35. The van der Waals surface area contributed by atoms with E-state index in [0.29, 0.717) is 24.6 Å². The van der Waals surface area contributed by atoms with Gasteiger partial charge in [0, 0.05) is 13.1 Å². The highest BCUT2D eigenvalue weighted by molar-refractivity contribution is 7.80. The Morgan fingerprint density at radius 1 is 1.40 bits per heavy atom. The Labute approximate surface area is 97.2 Å². The number of carbonyl (C=O) groups is 1. The second kappa shape index (κ2) is 8.47. The van der Waals surface area contributed by atoms with Crippen molar-refractivity contribution in [1.29, 1.82) is 0 Å². The van der Waals surface area contributed by atoms with Gasteiger partial charge in [0.05, 0.1) is 11.5 Å². The first kappa shape index (κ1) is 14.2. The molecule has 0 aromatic rings. The van der Waals surface area contributed by atoms with Gasteiger partial charge in [0.2, 0.25) is 0 Å². The van der Waals surface area contributed by atoms with E-state index in [1.807, 2.05) is 6.92 Å². The van der Waals surface area contributed by atoms with E-state index in [1.54, 1.807) is 4.90 Å². The van der Waals surface area contributed by atoms with Crippen LogP contribution >= 0.6 is 12.2 Å². The zero-order valence-corrected chi connectivity index (χ0v) is 10.4. The van der Waals surface area contributed by atoms with Crippen molar-refractivity contribution >= 4 is 23.2 Å². The fraction of sp³-hybridized carbons (Fsp3) is 0.800. The first-order valence-electron chi connectivity index (χ1n) is 5.42. The number of hydrogen-bond acceptors (Lipinski definition) is 2. The normalized spacial score (nSPS) is 9.73. The summed E-state index contributed by atoms with van der Waals surface area (Å²) in [7, 11) is 0. The van der Waals surface area contributed by atoms with Crippen LogP contribution in [0.5, 0.6) is 0 Å². The highest BCUT2D eigenvalue weighted by Gasteiger charge is 2.11. The molecule has 4 nitrogen and oxygen atoms in total. The summed E-state index contributed by atoms with van der Waals surface area (Å²) in [4.78, 5) is 13.6. The van der Waals surface area contributed by atoms with E-state index in [4.69, 9.17) is 18.0 Å². The van der Waals surface area contributed by atoms with Crippen LogP contribution in [0, 0.1) is 0 Å². The quantitative estimate of drug-likeness (QED) is 0.515. The van der Waals surface area contributed by atoms with Gasteiger partial charge in [0.15, 0.2) is 0 Å². The fourth-order valence-electron chi connectivity index (χ4n) is 1.19. The molecule has 0 unspecified atom stereocenters. The van der Waals surface area contributed by atoms with Crippen molar-refractivity contribution in [2.24, 2.45) is 5.73 Å². The number of hydrogen-bond donors (Lipinski definition) is 2. The number of urea groups is 1. The van der Waals surface area contributed by atoms with Gasteiger partial charge < -0.3 is 16.0 Å². The van der Waals surface area contributed by atoms with Crippen LogP contribution in [0.4, 0.5) is 4.79 Å². The zero-order chi connectivity index (χ0) is 11.7. The van der Waals surface area contributed by atoms with Gasteiger partial charge in [-0.3, -0.25) is 0 Å². The van der Waals surface area contributed by atoms with Gasteiger partial charge in [0.25, 0.3) is 0 Å². The molecule has 0 saturated carbocycles. The van der Waals surface area contributed by atoms with Gasteiger partial charge >= 0.3 is 6.03 Å². The van der Waals surface area contributed by atoms with Gasteiger partial charge in [-0.1, -0.05) is 32.5 Å². The highest BCUT2D eigenvalue weighted by Crippen LogP contribution is 1.93. The van der Waals surface area contributed by atoms with Crippen LogP contribution in [0.1, 0.15) is 33.1 Å². The summed E-state index contributed by atoms with van der Waals surface area (Å²) in [6.45, 7) is 5.88. The minimum Gasteiger partial charge on any atom is -0.392 e. The molecule has 0 atom stereocenters. The van der Waals surface area contributed by atoms with Crippen LogP contribution in [-0.2, 0) is 0 Å². The number of nitrogens with two attached hydrogens (primary N) is 1. The van der Waals surface area contributed by atoms with Crippen molar-refractivity contribution in [2.75, 3.05) is 19.6 Å². The molecule has 0 bridgehead atoms.